The van der Waals surface area contributed by atoms with Gasteiger partial charge in [-0.25, -0.2) is 19.6 Å². The van der Waals surface area contributed by atoms with Crippen molar-refractivity contribution in [3.05, 3.63) is 46.7 Å². The van der Waals surface area contributed by atoms with E-state index in [0.29, 0.717) is 4.47 Å². The second-order valence-electron chi connectivity index (χ2n) is 3.62. The number of carbonyl (C=O) groups is 2. The van der Waals surface area contributed by atoms with Gasteiger partial charge in [0.15, 0.2) is 0 Å². The van der Waals surface area contributed by atoms with Gasteiger partial charge in [0.25, 0.3) is 0 Å². The van der Waals surface area contributed by atoms with Crippen LogP contribution in [0.3, 0.4) is 0 Å². The summed E-state index contributed by atoms with van der Waals surface area (Å²) in [5, 5.41) is 13.9. The van der Waals surface area contributed by atoms with E-state index in [1.165, 1.54) is 18.5 Å². The predicted molar refractivity (Wildman–Crippen MR) is 75.8 cm³/mol. The Morgan fingerprint density at radius 2 is 1.80 bits per heavy atom. The first kappa shape index (κ1) is 13.9. The number of nitrogens with one attached hydrogen (secondary N) is 2. The number of aromatic carboxylic acids is 1. The molecule has 1 heterocycles. The highest BCUT2D eigenvalue weighted by Gasteiger charge is 2.15. The average Bonchev–Trinajstić information content (AvgIpc) is 2.42. The first-order valence-electron chi connectivity index (χ1n) is 5.45. The van der Waals surface area contributed by atoms with Gasteiger partial charge in [-0.2, -0.15) is 0 Å². The predicted octanol–water partition coefficient (Wildman–Crippen LogP) is 2.58. The Labute approximate surface area is 122 Å². The molecular formula is C12H9BrN4O3. The fourth-order valence-corrected chi connectivity index (χ4v) is 1.90. The minimum absolute atomic E-state index is 0.0245. The van der Waals surface area contributed by atoms with E-state index in [9.17, 15) is 9.59 Å². The second-order valence-corrected chi connectivity index (χ2v) is 4.47. The van der Waals surface area contributed by atoms with Gasteiger partial charge in [0.05, 0.1) is 11.3 Å². The number of carboxylic acids is 1. The van der Waals surface area contributed by atoms with Gasteiger partial charge in [-0.1, -0.05) is 6.07 Å². The molecule has 0 aliphatic heterocycles. The standard InChI is InChI=1S/C12H9BrN4O3/c13-8-4-1-3-7(10(18)19)9(8)16-12(20)17-11-14-5-2-6-15-11/h1-6H,(H,18,19)(H2,14,15,16,17,20). The maximum absolute atomic E-state index is 11.8. The number of amides is 2. The molecule has 2 rings (SSSR count). The third-order valence-electron chi connectivity index (χ3n) is 2.27. The maximum atomic E-state index is 11.8. The molecule has 0 radical (unpaired) electrons. The summed E-state index contributed by atoms with van der Waals surface area (Å²) >= 11 is 3.19. The Morgan fingerprint density at radius 1 is 1.10 bits per heavy atom. The van der Waals surface area contributed by atoms with Gasteiger partial charge >= 0.3 is 12.0 Å². The van der Waals surface area contributed by atoms with Gasteiger partial charge < -0.3 is 10.4 Å². The largest absolute Gasteiger partial charge is 0.478 e. The van der Waals surface area contributed by atoms with E-state index in [2.05, 4.69) is 36.5 Å². The molecule has 0 fully saturated rings. The summed E-state index contributed by atoms with van der Waals surface area (Å²) in [7, 11) is 0. The lowest BCUT2D eigenvalue weighted by molar-refractivity contribution is 0.0698. The number of carboxylic acid groups (broad SMARTS) is 1. The van der Waals surface area contributed by atoms with Gasteiger partial charge in [-0.05, 0) is 34.1 Å². The summed E-state index contributed by atoms with van der Waals surface area (Å²) < 4.78 is 0.460. The fourth-order valence-electron chi connectivity index (χ4n) is 1.44. The molecule has 20 heavy (non-hydrogen) atoms. The zero-order chi connectivity index (χ0) is 14.5. The van der Waals surface area contributed by atoms with Gasteiger partial charge in [-0.3, -0.25) is 5.32 Å². The number of benzene rings is 1. The summed E-state index contributed by atoms with van der Waals surface area (Å²) in [4.78, 5) is 30.5. The molecular weight excluding hydrogens is 328 g/mol. The Morgan fingerprint density at radius 3 is 2.45 bits per heavy atom. The van der Waals surface area contributed by atoms with Crippen LogP contribution in [0.1, 0.15) is 10.4 Å². The molecule has 0 spiro atoms. The quantitative estimate of drug-likeness (QED) is 0.799. The number of rotatable bonds is 3. The van der Waals surface area contributed by atoms with Crippen LogP contribution in [-0.2, 0) is 0 Å². The maximum Gasteiger partial charge on any atom is 0.337 e. The molecule has 0 unspecified atom stereocenters. The smallest absolute Gasteiger partial charge is 0.337 e. The average molecular weight is 337 g/mol. The van der Waals surface area contributed by atoms with Crippen molar-refractivity contribution < 1.29 is 14.7 Å². The van der Waals surface area contributed by atoms with Crippen molar-refractivity contribution in [1.29, 1.82) is 0 Å². The number of anilines is 2. The van der Waals surface area contributed by atoms with E-state index in [0.717, 1.165) is 0 Å². The van der Waals surface area contributed by atoms with Crippen molar-refractivity contribution in [2.45, 2.75) is 0 Å². The van der Waals surface area contributed by atoms with Crippen molar-refractivity contribution in [3.63, 3.8) is 0 Å². The zero-order valence-electron chi connectivity index (χ0n) is 10.0. The van der Waals surface area contributed by atoms with Crippen molar-refractivity contribution >= 4 is 39.6 Å². The molecule has 1 aromatic carbocycles. The van der Waals surface area contributed by atoms with Crippen LogP contribution < -0.4 is 10.6 Å². The lowest BCUT2D eigenvalue weighted by atomic mass is 10.2. The Hall–Kier alpha value is -2.48. The SMILES string of the molecule is O=C(Nc1ncccn1)Nc1c(Br)cccc1C(=O)O. The minimum Gasteiger partial charge on any atom is -0.478 e. The number of carbonyl (C=O) groups excluding carboxylic acids is 1. The Kier molecular flexibility index (Phi) is 4.26. The second kappa shape index (κ2) is 6.11. The molecule has 0 aliphatic rings. The summed E-state index contributed by atoms with van der Waals surface area (Å²) in [6.45, 7) is 0. The molecule has 0 atom stereocenters. The topological polar surface area (TPSA) is 104 Å². The van der Waals surface area contributed by atoms with Crippen LogP contribution in [0.15, 0.2) is 41.1 Å². The number of urea groups is 1. The van der Waals surface area contributed by atoms with E-state index >= 15 is 0 Å². The molecule has 1 aromatic heterocycles. The zero-order valence-corrected chi connectivity index (χ0v) is 11.6. The fraction of sp³-hybridized carbons (Fsp3) is 0. The number of halogens is 1. The van der Waals surface area contributed by atoms with Crippen molar-refractivity contribution in [3.8, 4) is 0 Å². The molecule has 2 aromatic rings. The summed E-state index contributed by atoms with van der Waals surface area (Å²) in [6.07, 6.45) is 2.95. The van der Waals surface area contributed by atoms with E-state index in [-0.39, 0.29) is 17.2 Å². The van der Waals surface area contributed by atoms with Gasteiger partial charge in [0.2, 0.25) is 5.95 Å². The van der Waals surface area contributed by atoms with Crippen molar-refractivity contribution in [1.82, 2.24) is 9.97 Å². The summed E-state index contributed by atoms with van der Waals surface area (Å²) in [5.41, 5.74) is 0.136. The first-order valence-corrected chi connectivity index (χ1v) is 6.24. The molecule has 8 heteroatoms. The van der Waals surface area contributed by atoms with Crippen LogP contribution in [0.5, 0.6) is 0 Å². The normalized spacial score (nSPS) is 9.85. The third kappa shape index (κ3) is 3.29. The highest BCUT2D eigenvalue weighted by Crippen LogP contribution is 2.26. The van der Waals surface area contributed by atoms with Crippen LogP contribution in [0.25, 0.3) is 0 Å². The van der Waals surface area contributed by atoms with Gasteiger partial charge in [-0.15, -0.1) is 0 Å². The lowest BCUT2D eigenvalue weighted by Gasteiger charge is -2.10. The van der Waals surface area contributed by atoms with Crippen LogP contribution in [0.4, 0.5) is 16.4 Å². The van der Waals surface area contributed by atoms with E-state index in [1.807, 2.05) is 0 Å². The number of nitrogens with zero attached hydrogens (tertiary/aromatic N) is 2. The summed E-state index contributed by atoms with van der Waals surface area (Å²) in [6, 6.07) is 5.56. The Balaban J connectivity index is 2.18. The van der Waals surface area contributed by atoms with E-state index < -0.39 is 12.0 Å². The molecule has 0 aliphatic carbocycles. The molecule has 2 amide bonds. The van der Waals surface area contributed by atoms with Crippen LogP contribution in [0.2, 0.25) is 0 Å². The van der Waals surface area contributed by atoms with Crippen molar-refractivity contribution in [2.75, 3.05) is 10.6 Å². The highest BCUT2D eigenvalue weighted by molar-refractivity contribution is 9.10. The van der Waals surface area contributed by atoms with Crippen LogP contribution in [-0.4, -0.2) is 27.1 Å². The first-order chi connectivity index (χ1) is 9.58. The molecule has 0 bridgehead atoms. The van der Waals surface area contributed by atoms with E-state index in [4.69, 9.17) is 5.11 Å². The van der Waals surface area contributed by atoms with Crippen molar-refractivity contribution in [2.24, 2.45) is 0 Å². The number of hydrogen-bond acceptors (Lipinski definition) is 4. The molecule has 3 N–H and O–H groups in total. The number of para-hydroxylation sites is 1. The van der Waals surface area contributed by atoms with E-state index in [1.54, 1.807) is 18.2 Å². The third-order valence-corrected chi connectivity index (χ3v) is 2.93. The minimum atomic E-state index is -1.14. The summed E-state index contributed by atoms with van der Waals surface area (Å²) in [5.74, 6) is -1.02. The molecule has 0 saturated heterocycles. The molecule has 0 saturated carbocycles. The number of hydrogen-bond donors (Lipinski definition) is 3. The molecule has 102 valence electrons. The van der Waals surface area contributed by atoms with Gasteiger partial charge in [0.1, 0.15) is 0 Å². The van der Waals surface area contributed by atoms with Gasteiger partial charge in [0, 0.05) is 16.9 Å². The van der Waals surface area contributed by atoms with Crippen LogP contribution >= 0.6 is 15.9 Å². The lowest BCUT2D eigenvalue weighted by Crippen LogP contribution is -2.22. The highest BCUT2D eigenvalue weighted by atomic mass is 79.9. The number of aromatic nitrogens is 2. The molecule has 7 nitrogen and oxygen atoms in total. The van der Waals surface area contributed by atoms with Crippen LogP contribution in [0, 0.1) is 0 Å². The Bertz CT molecular complexity index is 648. The monoisotopic (exact) mass is 336 g/mol.